The number of rotatable bonds is 6. The first-order valence-corrected chi connectivity index (χ1v) is 9.50. The fraction of sp³-hybridized carbons (Fsp3) is 0.632. The Balaban J connectivity index is 0.00000280. The molecule has 28 heavy (non-hydrogen) atoms. The molecule has 1 aromatic rings. The first-order chi connectivity index (χ1) is 12.9. The van der Waals surface area contributed by atoms with Crippen molar-refractivity contribution in [1.29, 1.82) is 0 Å². The van der Waals surface area contributed by atoms with Crippen LogP contribution in [0, 0.1) is 22.0 Å². The summed E-state index contributed by atoms with van der Waals surface area (Å²) in [5, 5.41) is 14.6. The molecule has 2 saturated carbocycles. The third kappa shape index (κ3) is 4.50. The number of halogens is 1. The van der Waals surface area contributed by atoms with E-state index in [1.165, 1.54) is 19.2 Å². The number of methoxy groups -OCH3 is 1. The lowest BCUT2D eigenvalue weighted by Gasteiger charge is -2.45. The number of nitro benzene ring substituents is 1. The van der Waals surface area contributed by atoms with E-state index < -0.39 is 10.8 Å². The second-order valence-corrected chi connectivity index (χ2v) is 7.39. The molecule has 0 aliphatic heterocycles. The number of hydrogen-bond acceptors (Lipinski definition) is 6. The third-order valence-electron chi connectivity index (χ3n) is 5.70. The topological polar surface area (TPSA) is 117 Å². The van der Waals surface area contributed by atoms with Crippen molar-refractivity contribution >= 4 is 24.0 Å². The zero-order valence-corrected chi connectivity index (χ0v) is 17.0. The molecule has 0 spiro atoms. The molecule has 1 aromatic carbocycles. The smallest absolute Gasteiger partial charge is 0.286 e. The predicted molar refractivity (Wildman–Crippen MR) is 107 cm³/mol. The largest absolute Gasteiger partial charge is 0.493 e. The van der Waals surface area contributed by atoms with Crippen molar-refractivity contribution in [3.63, 3.8) is 0 Å². The van der Waals surface area contributed by atoms with Crippen molar-refractivity contribution < 1.29 is 19.2 Å². The van der Waals surface area contributed by atoms with Gasteiger partial charge in [-0.25, -0.2) is 0 Å². The van der Waals surface area contributed by atoms with E-state index in [4.69, 9.17) is 15.2 Å². The molecule has 0 saturated heterocycles. The summed E-state index contributed by atoms with van der Waals surface area (Å²) in [6, 6.07) is 2.84. The molecule has 0 heterocycles. The standard InChI is InChI=1S/C19H27N3O5.ClH/c1-3-27-17-9-14(15(22(24)25)10-16(17)26-2)19(23)21-18-11-5-4-6-12(18)8-13(20)7-11;/h9-13,18H,3-8,20H2,1-2H3,(H,21,23);1H. The Morgan fingerprint density at radius 2 is 1.93 bits per heavy atom. The molecule has 8 nitrogen and oxygen atoms in total. The van der Waals surface area contributed by atoms with Crippen LogP contribution in [0.15, 0.2) is 12.1 Å². The van der Waals surface area contributed by atoms with Crippen LogP contribution < -0.4 is 20.5 Å². The maximum absolute atomic E-state index is 13.0. The number of fused-ring (bicyclic) bond motifs is 2. The summed E-state index contributed by atoms with van der Waals surface area (Å²) in [7, 11) is 1.41. The molecule has 3 N–H and O–H groups in total. The second kappa shape index (κ2) is 9.43. The second-order valence-electron chi connectivity index (χ2n) is 7.39. The van der Waals surface area contributed by atoms with E-state index >= 15 is 0 Å². The summed E-state index contributed by atoms with van der Waals surface area (Å²) in [4.78, 5) is 23.9. The number of ether oxygens (including phenoxy) is 2. The summed E-state index contributed by atoms with van der Waals surface area (Å²) < 4.78 is 10.7. The monoisotopic (exact) mass is 413 g/mol. The Morgan fingerprint density at radius 3 is 2.46 bits per heavy atom. The quantitative estimate of drug-likeness (QED) is 0.546. The van der Waals surface area contributed by atoms with Gasteiger partial charge in [0.05, 0.1) is 24.7 Å². The maximum atomic E-state index is 13.0. The Bertz CT molecular complexity index is 716. The SMILES string of the molecule is CCOc1cc(C(=O)NC2C3CCCC2CC(N)C3)c([N+](=O)[O-])cc1OC.Cl. The summed E-state index contributed by atoms with van der Waals surface area (Å²) in [5.74, 6) is 0.783. The molecule has 0 aromatic heterocycles. The average molecular weight is 414 g/mol. The first kappa shape index (κ1) is 22.2. The predicted octanol–water partition coefficient (Wildman–Crippen LogP) is 3.06. The zero-order valence-electron chi connectivity index (χ0n) is 16.2. The van der Waals surface area contributed by atoms with Crippen LogP contribution in [0.4, 0.5) is 5.69 Å². The minimum atomic E-state index is -0.565. The summed E-state index contributed by atoms with van der Waals surface area (Å²) in [5.41, 5.74) is 5.86. The average Bonchev–Trinajstić information content (AvgIpc) is 2.62. The molecule has 2 atom stereocenters. The van der Waals surface area contributed by atoms with Crippen LogP contribution in [0.3, 0.4) is 0 Å². The number of nitrogens with zero attached hydrogens (tertiary/aromatic N) is 1. The fourth-order valence-electron chi connectivity index (χ4n) is 4.56. The lowest BCUT2D eigenvalue weighted by atomic mass is 9.67. The van der Waals surface area contributed by atoms with Crippen LogP contribution in [-0.2, 0) is 0 Å². The van der Waals surface area contributed by atoms with Crippen molar-refractivity contribution in [2.24, 2.45) is 17.6 Å². The number of amides is 1. The molecule has 2 fully saturated rings. The number of nitrogens with one attached hydrogen (secondary N) is 1. The van der Waals surface area contributed by atoms with Gasteiger partial charge in [0.15, 0.2) is 11.5 Å². The maximum Gasteiger partial charge on any atom is 0.286 e. The summed E-state index contributed by atoms with van der Waals surface area (Å²) in [6.07, 6.45) is 4.98. The summed E-state index contributed by atoms with van der Waals surface area (Å²) in [6.45, 7) is 2.16. The highest BCUT2D eigenvalue weighted by atomic mass is 35.5. The van der Waals surface area contributed by atoms with Gasteiger partial charge in [-0.2, -0.15) is 0 Å². The van der Waals surface area contributed by atoms with E-state index in [1.807, 2.05) is 0 Å². The highest BCUT2D eigenvalue weighted by Gasteiger charge is 2.40. The van der Waals surface area contributed by atoms with Gasteiger partial charge in [0, 0.05) is 18.2 Å². The zero-order chi connectivity index (χ0) is 19.6. The van der Waals surface area contributed by atoms with Crippen LogP contribution in [-0.4, -0.2) is 36.6 Å². The van der Waals surface area contributed by atoms with Crippen LogP contribution in [0.25, 0.3) is 0 Å². The lowest BCUT2D eigenvalue weighted by molar-refractivity contribution is -0.385. The number of hydrogen-bond donors (Lipinski definition) is 2. The molecule has 2 unspecified atom stereocenters. The van der Waals surface area contributed by atoms with Crippen molar-refractivity contribution in [2.45, 2.75) is 51.1 Å². The Hall–Kier alpha value is -2.06. The van der Waals surface area contributed by atoms with Crippen molar-refractivity contribution in [3.05, 3.63) is 27.8 Å². The van der Waals surface area contributed by atoms with Gasteiger partial charge >= 0.3 is 0 Å². The van der Waals surface area contributed by atoms with Gasteiger partial charge in [-0.05, 0) is 44.4 Å². The highest BCUT2D eigenvalue weighted by Crippen LogP contribution is 2.40. The van der Waals surface area contributed by atoms with Crippen molar-refractivity contribution in [3.8, 4) is 11.5 Å². The van der Waals surface area contributed by atoms with Gasteiger partial charge in [0.2, 0.25) is 0 Å². The molecular formula is C19H28ClN3O5. The molecular weight excluding hydrogens is 386 g/mol. The van der Waals surface area contributed by atoms with Crippen LogP contribution in [0.1, 0.15) is 49.4 Å². The molecule has 9 heteroatoms. The minimum Gasteiger partial charge on any atom is -0.493 e. The number of nitrogens with two attached hydrogens (primary N) is 1. The van der Waals surface area contributed by atoms with Gasteiger partial charge in [-0.1, -0.05) is 6.42 Å². The Labute approximate surface area is 170 Å². The van der Waals surface area contributed by atoms with Gasteiger partial charge < -0.3 is 20.5 Å². The normalized spacial score (nSPS) is 26.0. The molecule has 2 aliphatic carbocycles. The van der Waals surface area contributed by atoms with Crippen LogP contribution in [0.2, 0.25) is 0 Å². The van der Waals surface area contributed by atoms with E-state index in [2.05, 4.69) is 5.32 Å². The molecule has 3 rings (SSSR count). The summed E-state index contributed by atoms with van der Waals surface area (Å²) >= 11 is 0. The number of nitro groups is 1. The van der Waals surface area contributed by atoms with E-state index in [9.17, 15) is 14.9 Å². The lowest BCUT2D eigenvalue weighted by Crippen LogP contribution is -2.53. The van der Waals surface area contributed by atoms with E-state index in [0.717, 1.165) is 32.1 Å². The number of benzene rings is 1. The first-order valence-electron chi connectivity index (χ1n) is 9.50. The minimum absolute atomic E-state index is 0. The van der Waals surface area contributed by atoms with Crippen molar-refractivity contribution in [2.75, 3.05) is 13.7 Å². The molecule has 156 valence electrons. The van der Waals surface area contributed by atoms with Crippen molar-refractivity contribution in [1.82, 2.24) is 5.32 Å². The number of carbonyl (C=O) groups excluding carboxylic acids is 1. The Morgan fingerprint density at radius 1 is 1.29 bits per heavy atom. The number of carbonyl (C=O) groups is 1. The van der Waals surface area contributed by atoms with Gasteiger partial charge in [0.25, 0.3) is 11.6 Å². The Kier molecular flexibility index (Phi) is 7.48. The molecule has 0 radical (unpaired) electrons. The molecule has 1 amide bonds. The highest BCUT2D eigenvalue weighted by molar-refractivity contribution is 5.99. The van der Waals surface area contributed by atoms with E-state index in [1.54, 1.807) is 6.92 Å². The van der Waals surface area contributed by atoms with Gasteiger partial charge in [-0.15, -0.1) is 12.4 Å². The molecule has 2 bridgehead atoms. The van der Waals surface area contributed by atoms with E-state index in [0.29, 0.717) is 24.2 Å². The van der Waals surface area contributed by atoms with Gasteiger partial charge in [0.1, 0.15) is 5.56 Å². The van der Waals surface area contributed by atoms with Gasteiger partial charge in [-0.3, -0.25) is 14.9 Å². The van der Waals surface area contributed by atoms with Crippen LogP contribution >= 0.6 is 12.4 Å². The molecule has 2 aliphatic rings. The fourth-order valence-corrected chi connectivity index (χ4v) is 4.56. The van der Waals surface area contributed by atoms with Crippen LogP contribution in [0.5, 0.6) is 11.5 Å². The third-order valence-corrected chi connectivity index (χ3v) is 5.70. The van der Waals surface area contributed by atoms with E-state index in [-0.39, 0.29) is 41.5 Å².